The van der Waals surface area contributed by atoms with E-state index in [0.29, 0.717) is 0 Å². The third-order valence-corrected chi connectivity index (χ3v) is 6.85. The largest absolute Gasteiger partial charge is 0.462 e. The molecule has 14 heteroatoms. The summed E-state index contributed by atoms with van der Waals surface area (Å²) in [6, 6.07) is 7.97. The maximum Gasteiger partial charge on any atom is 0.459 e. The molecule has 1 aromatic carbocycles. The van der Waals surface area contributed by atoms with Crippen LogP contribution in [0.1, 0.15) is 27.0 Å². The molecule has 200 valence electrons. The average Bonchev–Trinajstić information content (AvgIpc) is 3.08. The van der Waals surface area contributed by atoms with E-state index in [0.717, 1.165) is 10.8 Å². The zero-order chi connectivity index (χ0) is 27.4. The first kappa shape index (κ1) is 28.3. The molecule has 1 aliphatic heterocycles. The summed E-state index contributed by atoms with van der Waals surface area (Å²) in [4.78, 5) is 28.0. The molecule has 1 aliphatic rings. The molecule has 4 N–H and O–H groups in total. The molecule has 0 aliphatic carbocycles. The van der Waals surface area contributed by atoms with E-state index in [1.807, 2.05) is 0 Å². The number of carbonyl (C=O) groups excluding carboxylic acids is 1. The van der Waals surface area contributed by atoms with E-state index in [2.05, 4.69) is 16.0 Å². The topological polar surface area (TPSA) is 164 Å². The van der Waals surface area contributed by atoms with Gasteiger partial charge in [0.15, 0.2) is 18.0 Å². The Hall–Kier alpha value is -3.27. The lowest BCUT2D eigenvalue weighted by atomic mass is 9.98. The van der Waals surface area contributed by atoms with Gasteiger partial charge in [0.2, 0.25) is 0 Å². The quantitative estimate of drug-likeness (QED) is 0.228. The van der Waals surface area contributed by atoms with Crippen LogP contribution in [0, 0.1) is 12.3 Å². The van der Waals surface area contributed by atoms with E-state index >= 15 is 4.39 Å². The number of halogens is 1. The van der Waals surface area contributed by atoms with Crippen LogP contribution in [0.3, 0.4) is 0 Å². The van der Waals surface area contributed by atoms with Crippen LogP contribution in [0.4, 0.5) is 10.2 Å². The smallest absolute Gasteiger partial charge is 0.459 e. The van der Waals surface area contributed by atoms with Gasteiger partial charge in [-0.25, -0.2) is 13.8 Å². The Labute approximate surface area is 212 Å². The van der Waals surface area contributed by atoms with Crippen LogP contribution in [0.25, 0.3) is 0 Å². The molecule has 1 saturated heterocycles. The van der Waals surface area contributed by atoms with Gasteiger partial charge in [-0.3, -0.25) is 13.9 Å². The standard InChI is InChI=1S/C23H28FN4O8P/c1-5-23(19(29)18(24)20(35-23)28-12-11-17(25)26-22(28)31)13-33-37(32,36-16-9-7-6-8-10-16)27-15(4)21(30)34-14(2)3/h1,6-12,14-15,18-20,29H,13H2,2-4H3,(H,27,32)(H2,25,26,31)/t15?,18-,19+,20-,23-,37?/m1/s1. The number of anilines is 1. The zero-order valence-electron chi connectivity index (χ0n) is 20.3. The number of ether oxygens (including phenoxy) is 2. The lowest BCUT2D eigenvalue weighted by molar-refractivity contribution is -0.149. The Morgan fingerprint density at radius 3 is 2.65 bits per heavy atom. The predicted octanol–water partition coefficient (Wildman–Crippen LogP) is 1.56. The summed E-state index contributed by atoms with van der Waals surface area (Å²) < 4.78 is 51.3. The number of terminal acetylenes is 1. The van der Waals surface area contributed by atoms with Gasteiger partial charge in [0.1, 0.15) is 30.3 Å². The molecule has 0 amide bonds. The normalized spacial score (nSPS) is 25.7. The van der Waals surface area contributed by atoms with Crippen LogP contribution in [-0.4, -0.2) is 57.3 Å². The van der Waals surface area contributed by atoms with Crippen molar-refractivity contribution < 1.29 is 37.4 Å². The van der Waals surface area contributed by atoms with Gasteiger partial charge >= 0.3 is 19.4 Å². The van der Waals surface area contributed by atoms with Crippen molar-refractivity contribution in [1.82, 2.24) is 14.6 Å². The highest BCUT2D eigenvalue weighted by molar-refractivity contribution is 7.52. The Morgan fingerprint density at radius 1 is 1.38 bits per heavy atom. The van der Waals surface area contributed by atoms with Gasteiger partial charge in [-0.05, 0) is 39.0 Å². The van der Waals surface area contributed by atoms with Crippen LogP contribution in [0.5, 0.6) is 5.75 Å². The Balaban J connectivity index is 1.86. The number of benzene rings is 1. The highest BCUT2D eigenvalue weighted by Crippen LogP contribution is 2.48. The number of carbonyl (C=O) groups is 1. The van der Waals surface area contributed by atoms with E-state index in [1.54, 1.807) is 32.0 Å². The zero-order valence-corrected chi connectivity index (χ0v) is 21.2. The summed E-state index contributed by atoms with van der Waals surface area (Å²) in [5.41, 5.74) is 2.34. The first-order chi connectivity index (χ1) is 17.4. The molecule has 2 aromatic rings. The van der Waals surface area contributed by atoms with Crippen LogP contribution < -0.4 is 21.0 Å². The number of nitrogens with one attached hydrogen (secondary N) is 1. The van der Waals surface area contributed by atoms with Gasteiger partial charge in [0.25, 0.3) is 0 Å². The van der Waals surface area contributed by atoms with Crippen molar-refractivity contribution in [2.24, 2.45) is 0 Å². The molecule has 0 radical (unpaired) electrons. The first-order valence-electron chi connectivity index (χ1n) is 11.2. The molecule has 0 saturated carbocycles. The monoisotopic (exact) mass is 538 g/mol. The highest BCUT2D eigenvalue weighted by Gasteiger charge is 2.57. The minimum Gasteiger partial charge on any atom is -0.462 e. The maximum absolute atomic E-state index is 15.1. The second-order valence-electron chi connectivity index (χ2n) is 8.49. The summed E-state index contributed by atoms with van der Waals surface area (Å²) in [7, 11) is -4.41. The molecule has 1 fully saturated rings. The van der Waals surface area contributed by atoms with Crippen molar-refractivity contribution in [2.75, 3.05) is 12.3 Å². The molecule has 2 heterocycles. The van der Waals surface area contributed by atoms with Crippen LogP contribution >= 0.6 is 7.75 Å². The van der Waals surface area contributed by atoms with Crippen molar-refractivity contribution in [3.63, 3.8) is 0 Å². The number of hydrogen-bond donors (Lipinski definition) is 3. The molecular formula is C23H28FN4O8P. The Morgan fingerprint density at radius 2 is 2.05 bits per heavy atom. The van der Waals surface area contributed by atoms with E-state index in [1.165, 1.54) is 25.1 Å². The molecular weight excluding hydrogens is 510 g/mol. The molecule has 37 heavy (non-hydrogen) atoms. The number of hydrogen-bond acceptors (Lipinski definition) is 10. The number of nitrogens with two attached hydrogens (primary N) is 1. The second-order valence-corrected chi connectivity index (χ2v) is 10.2. The SMILES string of the molecule is C#C[C@]1(COP(=O)(NC(C)C(=O)OC(C)C)Oc2ccccc2)O[C@@H](n2ccc(N)nc2=O)[C@H](F)[C@@H]1O. The molecule has 1 aromatic heterocycles. The third kappa shape index (κ3) is 6.54. The van der Waals surface area contributed by atoms with E-state index in [-0.39, 0.29) is 11.6 Å². The Bertz CT molecular complexity index is 1250. The summed E-state index contributed by atoms with van der Waals surface area (Å²) in [5.74, 6) is 1.41. The molecule has 0 spiro atoms. The van der Waals surface area contributed by atoms with Crippen LogP contribution in [0.2, 0.25) is 0 Å². The number of alkyl halides is 1. The summed E-state index contributed by atoms with van der Waals surface area (Å²) >= 11 is 0. The number of para-hydroxylation sites is 1. The van der Waals surface area contributed by atoms with Gasteiger partial charge in [-0.15, -0.1) is 6.42 Å². The molecule has 2 unspecified atom stereocenters. The number of nitrogens with zero attached hydrogens (tertiary/aromatic N) is 2. The molecule has 0 bridgehead atoms. The van der Waals surface area contributed by atoms with Crippen molar-refractivity contribution >= 4 is 19.5 Å². The van der Waals surface area contributed by atoms with Crippen molar-refractivity contribution in [2.45, 2.75) is 57.0 Å². The highest BCUT2D eigenvalue weighted by atomic mass is 31.2. The van der Waals surface area contributed by atoms with Crippen molar-refractivity contribution in [3.05, 3.63) is 53.1 Å². The minimum absolute atomic E-state index is 0.100. The summed E-state index contributed by atoms with van der Waals surface area (Å²) in [5, 5.41) is 13.1. The van der Waals surface area contributed by atoms with Gasteiger partial charge < -0.3 is 24.8 Å². The molecule has 3 rings (SSSR count). The van der Waals surface area contributed by atoms with Gasteiger partial charge in [0, 0.05) is 6.20 Å². The van der Waals surface area contributed by atoms with E-state index < -0.39 is 62.3 Å². The van der Waals surface area contributed by atoms with Crippen LogP contribution in [0.15, 0.2) is 47.4 Å². The number of rotatable bonds is 10. The first-order valence-corrected chi connectivity index (χ1v) is 12.7. The van der Waals surface area contributed by atoms with Crippen molar-refractivity contribution in [1.29, 1.82) is 0 Å². The number of aliphatic hydroxyl groups is 1. The van der Waals surface area contributed by atoms with Gasteiger partial charge in [0.05, 0.1) is 6.10 Å². The number of nitrogen functional groups attached to an aromatic ring is 1. The minimum atomic E-state index is -4.41. The summed E-state index contributed by atoms with van der Waals surface area (Å²) in [6.45, 7) is 3.81. The molecule has 6 atom stereocenters. The fourth-order valence-electron chi connectivity index (χ4n) is 3.39. The van der Waals surface area contributed by atoms with E-state index in [4.69, 9.17) is 30.7 Å². The maximum atomic E-state index is 15.1. The lowest BCUT2D eigenvalue weighted by Crippen LogP contribution is -2.45. The number of aliphatic hydroxyl groups excluding tert-OH is 1. The average molecular weight is 538 g/mol. The Kier molecular flexibility index (Phi) is 8.73. The number of esters is 1. The fraction of sp³-hybridized carbons (Fsp3) is 0.435. The van der Waals surface area contributed by atoms with Crippen LogP contribution in [-0.2, 0) is 23.4 Å². The summed E-state index contributed by atoms with van der Waals surface area (Å²) in [6.07, 6.45) is 0.401. The molecule has 12 nitrogen and oxygen atoms in total. The lowest BCUT2D eigenvalue weighted by Gasteiger charge is -2.29. The van der Waals surface area contributed by atoms with Gasteiger partial charge in [-0.1, -0.05) is 24.1 Å². The van der Waals surface area contributed by atoms with Gasteiger partial charge in [-0.2, -0.15) is 10.1 Å². The fourth-order valence-corrected chi connectivity index (χ4v) is 4.91. The van der Waals surface area contributed by atoms with E-state index in [9.17, 15) is 19.3 Å². The third-order valence-electron chi connectivity index (χ3n) is 5.23. The number of aromatic nitrogens is 2. The second kappa shape index (κ2) is 11.4. The van der Waals surface area contributed by atoms with Crippen molar-refractivity contribution in [3.8, 4) is 18.1 Å². The predicted molar refractivity (Wildman–Crippen MR) is 130 cm³/mol.